The van der Waals surface area contributed by atoms with Crippen LogP contribution in [0.4, 0.5) is 11.5 Å². The van der Waals surface area contributed by atoms with Crippen LogP contribution < -0.4 is 10.5 Å². The lowest BCUT2D eigenvalue weighted by Crippen LogP contribution is -2.41. The topological polar surface area (TPSA) is 73.4 Å². The van der Waals surface area contributed by atoms with Crippen molar-refractivity contribution in [1.82, 2.24) is 9.97 Å². The molecule has 0 radical (unpaired) electrons. The molecule has 0 atom stereocenters. The summed E-state index contributed by atoms with van der Waals surface area (Å²) in [6, 6.07) is 18.5. The summed E-state index contributed by atoms with van der Waals surface area (Å²) >= 11 is 0. The SMILES string of the molecule is CC1(C)Oc2ncnc(N)c2N=C1c1ccc(-c2ccccc2)cc1. The van der Waals surface area contributed by atoms with Crippen LogP contribution >= 0.6 is 0 Å². The van der Waals surface area contributed by atoms with E-state index in [1.807, 2.05) is 32.0 Å². The van der Waals surface area contributed by atoms with E-state index in [0.29, 0.717) is 17.4 Å². The van der Waals surface area contributed by atoms with Gasteiger partial charge in [0.1, 0.15) is 11.9 Å². The monoisotopic (exact) mass is 330 g/mol. The van der Waals surface area contributed by atoms with Crippen molar-refractivity contribution in [1.29, 1.82) is 0 Å². The second-order valence-electron chi connectivity index (χ2n) is 6.43. The van der Waals surface area contributed by atoms with E-state index < -0.39 is 5.60 Å². The minimum Gasteiger partial charge on any atom is -0.463 e. The number of anilines is 1. The summed E-state index contributed by atoms with van der Waals surface area (Å²) in [6.45, 7) is 3.94. The number of nitrogens with two attached hydrogens (primary N) is 1. The lowest BCUT2D eigenvalue weighted by molar-refractivity contribution is 0.171. The molecule has 1 aliphatic heterocycles. The van der Waals surface area contributed by atoms with Crippen LogP contribution in [-0.4, -0.2) is 21.3 Å². The molecule has 1 aliphatic rings. The summed E-state index contributed by atoms with van der Waals surface area (Å²) in [6.07, 6.45) is 1.39. The van der Waals surface area contributed by atoms with Gasteiger partial charge < -0.3 is 10.5 Å². The van der Waals surface area contributed by atoms with Crippen molar-refractivity contribution in [3.05, 3.63) is 66.5 Å². The van der Waals surface area contributed by atoms with Crippen LogP contribution in [0.1, 0.15) is 19.4 Å². The normalized spacial score (nSPS) is 15.0. The Morgan fingerprint density at radius 3 is 2.20 bits per heavy atom. The van der Waals surface area contributed by atoms with Gasteiger partial charge in [0.2, 0.25) is 5.88 Å². The van der Waals surface area contributed by atoms with Gasteiger partial charge in [-0.05, 0) is 25.0 Å². The molecule has 0 aliphatic carbocycles. The summed E-state index contributed by atoms with van der Waals surface area (Å²) < 4.78 is 6.02. The molecule has 25 heavy (non-hydrogen) atoms. The van der Waals surface area contributed by atoms with E-state index in [9.17, 15) is 0 Å². The summed E-state index contributed by atoms with van der Waals surface area (Å²) in [4.78, 5) is 12.9. The number of nitrogens with zero attached hydrogens (tertiary/aromatic N) is 3. The highest BCUT2D eigenvalue weighted by atomic mass is 16.5. The molecular weight excluding hydrogens is 312 g/mol. The number of benzene rings is 2. The molecule has 0 unspecified atom stereocenters. The van der Waals surface area contributed by atoms with Crippen molar-refractivity contribution < 1.29 is 4.74 Å². The fourth-order valence-electron chi connectivity index (χ4n) is 2.95. The second kappa shape index (κ2) is 5.70. The molecule has 0 fully saturated rings. The first-order chi connectivity index (χ1) is 12.0. The minimum atomic E-state index is -0.609. The summed E-state index contributed by atoms with van der Waals surface area (Å²) in [5.74, 6) is 0.737. The van der Waals surface area contributed by atoms with Crippen LogP contribution in [0.5, 0.6) is 5.88 Å². The maximum atomic E-state index is 6.02. The van der Waals surface area contributed by atoms with E-state index >= 15 is 0 Å². The Labute approximate surface area is 146 Å². The first kappa shape index (κ1) is 15.3. The smallest absolute Gasteiger partial charge is 0.246 e. The lowest BCUT2D eigenvalue weighted by Gasteiger charge is -2.32. The molecule has 124 valence electrons. The summed E-state index contributed by atoms with van der Waals surface area (Å²) in [7, 11) is 0. The molecule has 0 amide bonds. The van der Waals surface area contributed by atoms with Gasteiger partial charge >= 0.3 is 0 Å². The minimum absolute atomic E-state index is 0.318. The van der Waals surface area contributed by atoms with E-state index in [1.54, 1.807) is 0 Å². The van der Waals surface area contributed by atoms with Gasteiger partial charge in [0.05, 0.1) is 5.71 Å². The predicted octanol–water partition coefficient (Wildman–Crippen LogP) is 4.02. The number of nitrogen functional groups attached to an aromatic ring is 1. The van der Waals surface area contributed by atoms with Crippen LogP contribution in [0.2, 0.25) is 0 Å². The van der Waals surface area contributed by atoms with Gasteiger partial charge in [0, 0.05) is 5.56 Å². The van der Waals surface area contributed by atoms with Crippen molar-refractivity contribution in [3.63, 3.8) is 0 Å². The molecule has 0 saturated carbocycles. The van der Waals surface area contributed by atoms with Crippen LogP contribution in [0.3, 0.4) is 0 Å². The van der Waals surface area contributed by atoms with Gasteiger partial charge in [-0.25, -0.2) is 9.98 Å². The molecule has 0 bridgehead atoms. The van der Waals surface area contributed by atoms with Crippen molar-refractivity contribution in [2.75, 3.05) is 5.73 Å². The quantitative estimate of drug-likeness (QED) is 0.770. The van der Waals surface area contributed by atoms with E-state index in [0.717, 1.165) is 16.8 Å². The number of rotatable bonds is 2. The third-order valence-corrected chi connectivity index (χ3v) is 4.23. The molecule has 5 heteroatoms. The largest absolute Gasteiger partial charge is 0.463 e. The molecule has 2 aromatic carbocycles. The molecule has 1 aromatic heterocycles. The zero-order valence-corrected chi connectivity index (χ0v) is 14.1. The van der Waals surface area contributed by atoms with Gasteiger partial charge in [-0.3, -0.25) is 0 Å². The van der Waals surface area contributed by atoms with Crippen LogP contribution in [0, 0.1) is 0 Å². The van der Waals surface area contributed by atoms with Crippen molar-refractivity contribution in [2.45, 2.75) is 19.4 Å². The average Bonchev–Trinajstić information content (AvgIpc) is 2.62. The molecule has 0 spiro atoms. The van der Waals surface area contributed by atoms with Crippen molar-refractivity contribution in [2.24, 2.45) is 4.99 Å². The number of aromatic nitrogens is 2. The van der Waals surface area contributed by atoms with Crippen LogP contribution in [0.25, 0.3) is 11.1 Å². The van der Waals surface area contributed by atoms with E-state index in [4.69, 9.17) is 15.5 Å². The van der Waals surface area contributed by atoms with Crippen molar-refractivity contribution in [3.8, 4) is 17.0 Å². The number of aliphatic imine (C=N–C) groups is 1. The lowest BCUT2D eigenvalue weighted by atomic mass is 9.92. The Kier molecular flexibility index (Phi) is 3.50. The van der Waals surface area contributed by atoms with Gasteiger partial charge in [-0.1, -0.05) is 54.6 Å². The van der Waals surface area contributed by atoms with E-state index in [1.165, 1.54) is 11.9 Å². The third kappa shape index (κ3) is 2.74. The number of fused-ring (bicyclic) bond motifs is 1. The maximum absolute atomic E-state index is 6.02. The highest BCUT2D eigenvalue weighted by Crippen LogP contribution is 2.38. The van der Waals surface area contributed by atoms with Gasteiger partial charge in [-0.2, -0.15) is 4.98 Å². The van der Waals surface area contributed by atoms with E-state index in [-0.39, 0.29) is 0 Å². The molecule has 2 N–H and O–H groups in total. The van der Waals surface area contributed by atoms with Gasteiger partial charge in [0.25, 0.3) is 0 Å². The Balaban J connectivity index is 1.77. The Bertz CT molecular complexity index is 947. The summed E-state index contributed by atoms with van der Waals surface area (Å²) in [5.41, 5.74) is 9.94. The molecular formula is C20H18N4O. The van der Waals surface area contributed by atoms with Crippen LogP contribution in [0.15, 0.2) is 65.9 Å². The zero-order valence-electron chi connectivity index (χ0n) is 14.1. The molecule has 2 heterocycles. The van der Waals surface area contributed by atoms with Crippen molar-refractivity contribution >= 4 is 17.2 Å². The molecule has 3 aromatic rings. The zero-order chi connectivity index (χ0) is 17.4. The standard InChI is InChI=1S/C20H18N4O/c1-20(2)17(24-16-18(21)22-12-23-19(16)25-20)15-10-8-14(9-11-15)13-6-4-3-5-7-13/h3-12H,1-2H3,(H2,21,22,23). The molecule has 4 rings (SSSR count). The summed E-state index contributed by atoms with van der Waals surface area (Å²) in [5, 5.41) is 0. The first-order valence-corrected chi connectivity index (χ1v) is 8.09. The number of ether oxygens (including phenoxy) is 1. The van der Waals surface area contributed by atoms with E-state index in [2.05, 4.69) is 46.4 Å². The third-order valence-electron chi connectivity index (χ3n) is 4.23. The maximum Gasteiger partial charge on any atom is 0.246 e. The highest BCUT2D eigenvalue weighted by molar-refractivity contribution is 6.09. The fourth-order valence-corrected chi connectivity index (χ4v) is 2.95. The number of hydrogen-bond acceptors (Lipinski definition) is 5. The molecule has 0 saturated heterocycles. The highest BCUT2D eigenvalue weighted by Gasteiger charge is 2.35. The van der Waals surface area contributed by atoms with Crippen LogP contribution in [-0.2, 0) is 0 Å². The molecule has 5 nitrogen and oxygen atoms in total. The Hall–Kier alpha value is -3.21. The number of hydrogen-bond donors (Lipinski definition) is 1. The predicted molar refractivity (Wildman–Crippen MR) is 99.2 cm³/mol. The Morgan fingerprint density at radius 2 is 1.48 bits per heavy atom. The van der Waals surface area contributed by atoms with Gasteiger partial charge in [-0.15, -0.1) is 0 Å². The average molecular weight is 330 g/mol. The second-order valence-corrected chi connectivity index (χ2v) is 6.43. The first-order valence-electron chi connectivity index (χ1n) is 8.09. The fraction of sp³-hybridized carbons (Fsp3) is 0.150. The van der Waals surface area contributed by atoms with Gasteiger partial charge in [0.15, 0.2) is 11.5 Å². The Morgan fingerprint density at radius 1 is 0.840 bits per heavy atom.